The Morgan fingerprint density at radius 3 is 2.12 bits per heavy atom. The van der Waals surface area contributed by atoms with Crippen molar-refractivity contribution in [2.45, 2.75) is 19.3 Å². The molecule has 0 unspecified atom stereocenters. The first kappa shape index (κ1) is 23.9. The van der Waals surface area contributed by atoms with Crippen molar-refractivity contribution in [3.63, 3.8) is 0 Å². The molecule has 0 N–H and O–H groups in total. The number of para-hydroxylation sites is 1. The van der Waals surface area contributed by atoms with E-state index in [2.05, 4.69) is 141 Å². The summed E-state index contributed by atoms with van der Waals surface area (Å²) in [5.74, 6) is 0. The van der Waals surface area contributed by atoms with Crippen LogP contribution in [0.25, 0.3) is 75.4 Å². The highest BCUT2D eigenvalue weighted by Gasteiger charge is 2.35. The SMILES string of the molecule is CC1(C)c2ccccc2-c2ccc(-c3cc4c(-c5ccccc5)nc5ccccc5c4c4c3sc3ccccc34)cc21. The van der Waals surface area contributed by atoms with Crippen molar-refractivity contribution in [2.24, 2.45) is 0 Å². The average Bonchev–Trinajstić information content (AvgIpc) is 3.53. The fraction of sp³-hybridized carbons (Fsp3) is 0.0750. The molecular weight excluding hydrogens is 527 g/mol. The average molecular weight is 554 g/mol. The maximum atomic E-state index is 5.29. The molecule has 0 saturated carbocycles. The number of aromatic nitrogens is 1. The zero-order valence-electron chi connectivity index (χ0n) is 23.5. The van der Waals surface area contributed by atoms with Crippen LogP contribution in [-0.4, -0.2) is 4.98 Å². The van der Waals surface area contributed by atoms with Crippen LogP contribution in [0.2, 0.25) is 0 Å². The lowest BCUT2D eigenvalue weighted by molar-refractivity contribution is 0.660. The van der Waals surface area contributed by atoms with Crippen molar-refractivity contribution < 1.29 is 0 Å². The molecule has 9 rings (SSSR count). The van der Waals surface area contributed by atoms with E-state index in [1.54, 1.807) is 0 Å². The van der Waals surface area contributed by atoms with Crippen LogP contribution in [0, 0.1) is 0 Å². The molecule has 8 aromatic rings. The van der Waals surface area contributed by atoms with E-state index in [4.69, 9.17) is 4.98 Å². The second-order valence-electron chi connectivity index (χ2n) is 11.9. The second kappa shape index (κ2) is 8.61. The van der Waals surface area contributed by atoms with Gasteiger partial charge in [0.15, 0.2) is 0 Å². The Hall–Kier alpha value is -4.79. The van der Waals surface area contributed by atoms with Gasteiger partial charge in [0.05, 0.1) is 11.2 Å². The van der Waals surface area contributed by atoms with Gasteiger partial charge in [0.25, 0.3) is 0 Å². The van der Waals surface area contributed by atoms with E-state index < -0.39 is 0 Å². The minimum atomic E-state index is -0.0506. The molecule has 0 radical (unpaired) electrons. The van der Waals surface area contributed by atoms with Gasteiger partial charge in [0.2, 0.25) is 0 Å². The third-order valence-electron chi connectivity index (χ3n) is 9.25. The molecule has 1 nitrogen and oxygen atoms in total. The number of thiophene rings is 1. The normalized spacial score (nSPS) is 13.7. The fourth-order valence-electron chi connectivity index (χ4n) is 7.23. The summed E-state index contributed by atoms with van der Waals surface area (Å²) in [6.45, 7) is 4.72. The Kier molecular flexibility index (Phi) is 4.89. The molecule has 0 aliphatic heterocycles. The lowest BCUT2D eigenvalue weighted by Gasteiger charge is -2.22. The predicted octanol–water partition coefficient (Wildman–Crippen LogP) is 11.4. The maximum Gasteiger partial charge on any atom is 0.0788 e. The highest BCUT2D eigenvalue weighted by Crippen LogP contribution is 2.52. The summed E-state index contributed by atoms with van der Waals surface area (Å²) < 4.78 is 2.66. The standard InChI is InChI=1S/C40H27NS/c1-40(2)32-17-9-6-14-26(32)27-21-20-25(22-33(27)40)30-23-31-36(37-29-16-8-11-19-35(29)42-39(30)37)28-15-7-10-18-34(28)41-38(31)24-12-4-3-5-13-24/h3-23H,1-2H3. The zero-order chi connectivity index (χ0) is 28.0. The van der Waals surface area contributed by atoms with Gasteiger partial charge in [-0.3, -0.25) is 0 Å². The van der Waals surface area contributed by atoms with Gasteiger partial charge in [-0.15, -0.1) is 11.3 Å². The number of rotatable bonds is 2. The molecule has 0 saturated heterocycles. The van der Waals surface area contributed by atoms with Gasteiger partial charge in [-0.2, -0.15) is 0 Å². The molecule has 198 valence electrons. The smallest absolute Gasteiger partial charge is 0.0788 e. The lowest BCUT2D eigenvalue weighted by atomic mass is 9.81. The molecule has 1 aliphatic rings. The van der Waals surface area contributed by atoms with E-state index in [0.717, 1.165) is 16.8 Å². The molecule has 0 fully saturated rings. The van der Waals surface area contributed by atoms with Crippen LogP contribution in [0.5, 0.6) is 0 Å². The monoisotopic (exact) mass is 553 g/mol. The van der Waals surface area contributed by atoms with Gasteiger partial charge in [0, 0.05) is 52.9 Å². The molecule has 6 aromatic carbocycles. The predicted molar refractivity (Wildman–Crippen MR) is 181 cm³/mol. The van der Waals surface area contributed by atoms with Crippen LogP contribution < -0.4 is 0 Å². The molecule has 0 amide bonds. The summed E-state index contributed by atoms with van der Waals surface area (Å²) in [6, 6.07) is 46.6. The number of nitrogens with zero attached hydrogens (tertiary/aromatic N) is 1. The summed E-state index contributed by atoms with van der Waals surface area (Å²) in [5.41, 5.74) is 11.2. The summed E-state index contributed by atoms with van der Waals surface area (Å²) in [4.78, 5) is 5.29. The van der Waals surface area contributed by atoms with E-state index in [1.807, 2.05) is 11.3 Å². The Bertz CT molecular complexity index is 2380. The third kappa shape index (κ3) is 3.22. The van der Waals surface area contributed by atoms with Crippen LogP contribution in [0.3, 0.4) is 0 Å². The first-order valence-electron chi connectivity index (χ1n) is 14.6. The van der Waals surface area contributed by atoms with E-state index >= 15 is 0 Å². The number of fused-ring (bicyclic) bond motifs is 10. The largest absolute Gasteiger partial charge is 0.247 e. The van der Waals surface area contributed by atoms with Gasteiger partial charge in [-0.1, -0.05) is 117 Å². The molecule has 2 heterocycles. The molecule has 0 bridgehead atoms. The van der Waals surface area contributed by atoms with Crippen LogP contribution >= 0.6 is 11.3 Å². The molecule has 0 atom stereocenters. The first-order chi connectivity index (χ1) is 20.6. The van der Waals surface area contributed by atoms with E-state index in [9.17, 15) is 0 Å². The van der Waals surface area contributed by atoms with Crippen LogP contribution in [0.1, 0.15) is 25.0 Å². The number of benzene rings is 6. The number of pyridine rings is 1. The van der Waals surface area contributed by atoms with Crippen molar-refractivity contribution in [1.29, 1.82) is 0 Å². The van der Waals surface area contributed by atoms with Crippen molar-refractivity contribution in [3.8, 4) is 33.5 Å². The number of hydrogen-bond acceptors (Lipinski definition) is 2. The Morgan fingerprint density at radius 2 is 1.24 bits per heavy atom. The van der Waals surface area contributed by atoms with E-state index in [1.165, 1.54) is 69.7 Å². The molecule has 2 heteroatoms. The van der Waals surface area contributed by atoms with Gasteiger partial charge >= 0.3 is 0 Å². The van der Waals surface area contributed by atoms with Crippen molar-refractivity contribution >= 4 is 53.2 Å². The molecule has 42 heavy (non-hydrogen) atoms. The zero-order valence-corrected chi connectivity index (χ0v) is 24.3. The van der Waals surface area contributed by atoms with Gasteiger partial charge in [-0.05, 0) is 52.1 Å². The van der Waals surface area contributed by atoms with E-state index in [0.29, 0.717) is 0 Å². The molecule has 2 aromatic heterocycles. The van der Waals surface area contributed by atoms with Crippen LogP contribution in [0.4, 0.5) is 0 Å². The van der Waals surface area contributed by atoms with Crippen molar-refractivity contribution in [3.05, 3.63) is 139 Å². The molecule has 1 aliphatic carbocycles. The van der Waals surface area contributed by atoms with E-state index in [-0.39, 0.29) is 5.41 Å². The van der Waals surface area contributed by atoms with Gasteiger partial charge in [-0.25, -0.2) is 4.98 Å². The quantitative estimate of drug-likeness (QED) is 0.194. The lowest BCUT2D eigenvalue weighted by Crippen LogP contribution is -2.14. The van der Waals surface area contributed by atoms with Crippen molar-refractivity contribution in [2.75, 3.05) is 0 Å². The highest BCUT2D eigenvalue weighted by atomic mass is 32.1. The fourth-order valence-corrected chi connectivity index (χ4v) is 8.48. The van der Waals surface area contributed by atoms with Crippen LogP contribution in [0.15, 0.2) is 127 Å². The highest BCUT2D eigenvalue weighted by molar-refractivity contribution is 7.26. The van der Waals surface area contributed by atoms with Crippen LogP contribution in [-0.2, 0) is 5.41 Å². The minimum Gasteiger partial charge on any atom is -0.247 e. The minimum absolute atomic E-state index is 0.0506. The summed E-state index contributed by atoms with van der Waals surface area (Å²) in [7, 11) is 0. The molecule has 0 spiro atoms. The number of hydrogen-bond donors (Lipinski definition) is 0. The summed E-state index contributed by atoms with van der Waals surface area (Å²) in [6.07, 6.45) is 0. The Morgan fingerprint density at radius 1 is 0.524 bits per heavy atom. The Labute approximate surface area is 248 Å². The summed E-state index contributed by atoms with van der Waals surface area (Å²) in [5, 5.41) is 6.35. The summed E-state index contributed by atoms with van der Waals surface area (Å²) >= 11 is 1.91. The second-order valence-corrected chi connectivity index (χ2v) is 13.0. The third-order valence-corrected chi connectivity index (χ3v) is 10.5. The van der Waals surface area contributed by atoms with Gasteiger partial charge < -0.3 is 0 Å². The Balaban J connectivity index is 1.45. The van der Waals surface area contributed by atoms with Gasteiger partial charge in [0.1, 0.15) is 0 Å². The molecular formula is C40H27NS. The maximum absolute atomic E-state index is 5.29. The van der Waals surface area contributed by atoms with Crippen molar-refractivity contribution in [1.82, 2.24) is 4.98 Å². The topological polar surface area (TPSA) is 12.9 Å². The first-order valence-corrected chi connectivity index (χ1v) is 15.4.